The number of nitrogens with zero attached hydrogens (tertiary/aromatic N) is 4. The van der Waals surface area contributed by atoms with E-state index in [1.165, 1.54) is 62.8 Å². The van der Waals surface area contributed by atoms with Crippen LogP contribution < -0.4 is 10.6 Å². The third-order valence-corrected chi connectivity index (χ3v) is 20.7. The second-order valence-corrected chi connectivity index (χ2v) is 20.6. The first kappa shape index (κ1) is 29.5. The van der Waals surface area contributed by atoms with Crippen LogP contribution in [0.5, 0.6) is 0 Å². The number of likely N-dealkylation sites (N-methyl/N-ethyl adjacent to an activating group) is 2. The van der Waals surface area contributed by atoms with Crippen molar-refractivity contribution in [3.8, 4) is 0 Å². The zero-order valence-electron chi connectivity index (χ0n) is 25.0. The Morgan fingerprint density at radius 3 is 1.60 bits per heavy atom. The number of rotatable bonds is 3. The highest BCUT2D eigenvalue weighted by Gasteiger charge is 2.87. The monoisotopic (exact) mass is 728 g/mol. The summed E-state index contributed by atoms with van der Waals surface area (Å²) in [6, 6.07) is 15.8. The van der Waals surface area contributed by atoms with Crippen molar-refractivity contribution in [3.63, 3.8) is 0 Å². The van der Waals surface area contributed by atoms with Gasteiger partial charge in [-0.15, -0.1) is 0 Å². The van der Waals surface area contributed by atoms with Crippen LogP contribution in [0.2, 0.25) is 0 Å². The van der Waals surface area contributed by atoms with Gasteiger partial charge in [0.15, 0.2) is 9.74 Å². The predicted molar refractivity (Wildman–Crippen MR) is 183 cm³/mol. The molecule has 4 amide bonds. The first-order valence-electron chi connectivity index (χ1n) is 15.1. The van der Waals surface area contributed by atoms with Crippen LogP contribution in [0, 0.1) is 0 Å². The Labute approximate surface area is 288 Å². The number of aliphatic hydroxyl groups excluding tert-OH is 2. The van der Waals surface area contributed by atoms with Crippen LogP contribution >= 0.6 is 53.0 Å². The molecule has 4 N–H and O–H groups in total. The molecule has 10 aliphatic rings. The van der Waals surface area contributed by atoms with Crippen LogP contribution in [0.3, 0.4) is 0 Å². The Kier molecular flexibility index (Phi) is 5.55. The summed E-state index contributed by atoms with van der Waals surface area (Å²) in [5.74, 6) is -1.21. The Morgan fingerprint density at radius 1 is 0.660 bits per heavy atom. The number of aliphatic hydroxyl groups is 2. The van der Waals surface area contributed by atoms with E-state index in [4.69, 9.17) is 0 Å². The molecule has 2 spiro atoms. The maximum absolute atomic E-state index is 14.9. The lowest BCUT2D eigenvalue weighted by molar-refractivity contribution is -0.166. The summed E-state index contributed by atoms with van der Waals surface area (Å²) in [6.45, 7) is -1.09. The molecular weight excluding hydrogens is 701 g/mol. The molecule has 12 rings (SSSR count). The molecular formula is C30H28N6O6S5. The molecule has 10 aliphatic heterocycles. The van der Waals surface area contributed by atoms with Crippen molar-refractivity contribution in [3.05, 3.63) is 59.7 Å². The van der Waals surface area contributed by atoms with Gasteiger partial charge in [0.1, 0.15) is 12.3 Å². The van der Waals surface area contributed by atoms with E-state index in [1.807, 2.05) is 48.5 Å². The van der Waals surface area contributed by atoms with Crippen LogP contribution in [0.1, 0.15) is 24.0 Å². The fourth-order valence-corrected chi connectivity index (χ4v) is 19.4. The topological polar surface area (TPSA) is 146 Å². The van der Waals surface area contributed by atoms with Gasteiger partial charge in [-0.3, -0.25) is 29.0 Å². The lowest BCUT2D eigenvalue weighted by Crippen LogP contribution is -2.77. The molecule has 2 aromatic rings. The summed E-state index contributed by atoms with van der Waals surface area (Å²) >= 11 is 0. The lowest BCUT2D eigenvalue weighted by atomic mass is 9.54. The van der Waals surface area contributed by atoms with Crippen molar-refractivity contribution < 1.29 is 29.4 Å². The zero-order chi connectivity index (χ0) is 32.5. The third kappa shape index (κ3) is 2.75. The van der Waals surface area contributed by atoms with Gasteiger partial charge in [-0.1, -0.05) is 47.2 Å². The van der Waals surface area contributed by atoms with E-state index in [-0.39, 0.29) is 36.5 Å². The standard InChI is InChI=1S/C30H28N6O6S5/c1-33-21(39)27-11-25(15-7-3-5-9-17(15)31-19(25)35(27)23(41)29(33,13-37)44-43-27)26-12-28-22(40)34(2)30(14-38,46-47-45-28)24(42)36(28)20(26)32-18-10-6-4-8-16(18)26/h3-10,19-20,31-32,37-38H,11-14H2,1-2H3. The van der Waals surface area contributed by atoms with Crippen molar-refractivity contribution >= 4 is 88.0 Å². The number of amides is 4. The van der Waals surface area contributed by atoms with Gasteiger partial charge in [-0.05, 0) is 65.5 Å². The number of hydrogen-bond donors (Lipinski definition) is 4. The number of piperazine rings is 2. The van der Waals surface area contributed by atoms with E-state index in [1.54, 1.807) is 23.9 Å². The van der Waals surface area contributed by atoms with Crippen molar-refractivity contribution in [2.75, 3.05) is 37.9 Å². The number of benzene rings is 2. The van der Waals surface area contributed by atoms with Gasteiger partial charge in [0.2, 0.25) is 9.74 Å². The quantitative estimate of drug-likeness (QED) is 0.343. The van der Waals surface area contributed by atoms with E-state index in [0.29, 0.717) is 0 Å². The Morgan fingerprint density at radius 2 is 1.11 bits per heavy atom. The van der Waals surface area contributed by atoms with Crippen molar-refractivity contribution in [1.82, 2.24) is 19.6 Å². The zero-order valence-corrected chi connectivity index (χ0v) is 29.0. The molecule has 0 radical (unpaired) electrons. The number of hydrogen-bond acceptors (Lipinski definition) is 13. The number of carbonyl (C=O) groups is 4. The minimum absolute atomic E-state index is 0.209. The second kappa shape index (κ2) is 8.84. The van der Waals surface area contributed by atoms with Gasteiger partial charge < -0.3 is 30.6 Å². The molecule has 8 unspecified atom stereocenters. The predicted octanol–water partition coefficient (Wildman–Crippen LogP) is 1.98. The molecule has 12 nitrogen and oxygen atoms in total. The van der Waals surface area contributed by atoms with Crippen LogP contribution in [0.4, 0.5) is 11.4 Å². The highest BCUT2D eigenvalue weighted by Crippen LogP contribution is 2.78. The minimum Gasteiger partial charge on any atom is -0.392 e. The molecule has 8 saturated heterocycles. The Bertz CT molecular complexity index is 1890. The maximum atomic E-state index is 14.9. The molecule has 8 atom stereocenters. The van der Waals surface area contributed by atoms with Crippen LogP contribution in [0.25, 0.3) is 0 Å². The number of carbonyl (C=O) groups excluding carboxylic acids is 4. The number of para-hydroxylation sites is 2. The molecule has 47 heavy (non-hydrogen) atoms. The van der Waals surface area contributed by atoms with E-state index >= 15 is 0 Å². The molecule has 0 saturated carbocycles. The Hall–Kier alpha value is -2.41. The normalized spacial score (nSPS) is 43.3. The number of nitrogens with one attached hydrogen (secondary N) is 2. The smallest absolute Gasteiger partial charge is 0.265 e. The highest BCUT2D eigenvalue weighted by atomic mass is 33.5. The van der Waals surface area contributed by atoms with E-state index in [2.05, 4.69) is 10.6 Å². The van der Waals surface area contributed by atoms with E-state index in [0.717, 1.165) is 22.5 Å². The number of fused-ring (bicyclic) bond motifs is 12. The molecule has 0 aromatic heterocycles. The lowest BCUT2D eigenvalue weighted by Gasteiger charge is -2.57. The van der Waals surface area contributed by atoms with Gasteiger partial charge in [-0.25, -0.2) is 0 Å². The molecule has 4 bridgehead atoms. The van der Waals surface area contributed by atoms with Crippen molar-refractivity contribution in [2.45, 2.75) is 55.5 Å². The van der Waals surface area contributed by atoms with Gasteiger partial charge >= 0.3 is 0 Å². The molecule has 10 heterocycles. The van der Waals surface area contributed by atoms with Crippen LogP contribution in [-0.2, 0) is 30.0 Å². The van der Waals surface area contributed by atoms with Crippen molar-refractivity contribution in [2.24, 2.45) is 0 Å². The average Bonchev–Trinajstić information content (AvgIpc) is 3.72. The largest absolute Gasteiger partial charge is 0.392 e. The Balaban J connectivity index is 1.30. The first-order chi connectivity index (χ1) is 22.6. The summed E-state index contributed by atoms with van der Waals surface area (Å²) in [5.41, 5.74) is 1.41. The molecule has 8 fully saturated rings. The summed E-state index contributed by atoms with van der Waals surface area (Å²) in [6.07, 6.45) is -1.06. The maximum Gasteiger partial charge on any atom is 0.265 e. The number of anilines is 2. The molecule has 244 valence electrons. The summed E-state index contributed by atoms with van der Waals surface area (Å²) < 4.78 is 0. The summed E-state index contributed by atoms with van der Waals surface area (Å²) in [5, 5.41) is 28.8. The minimum atomic E-state index is -1.51. The van der Waals surface area contributed by atoms with Gasteiger partial charge in [0.25, 0.3) is 23.6 Å². The third-order valence-electron chi connectivity index (χ3n) is 12.0. The van der Waals surface area contributed by atoms with Crippen molar-refractivity contribution in [1.29, 1.82) is 0 Å². The summed E-state index contributed by atoms with van der Waals surface area (Å²) in [7, 11) is 9.61. The van der Waals surface area contributed by atoms with Gasteiger partial charge in [-0.2, -0.15) is 0 Å². The van der Waals surface area contributed by atoms with Gasteiger partial charge in [0, 0.05) is 38.3 Å². The SMILES string of the molecule is CN1C(=O)C23CC4(C56CC78SSC(CO)(C(=O)N7C5Nc5ccccc56)N(C)C8=O)c5ccccc5NC4N2C(=O)C1(CO)SSS3. The highest BCUT2D eigenvalue weighted by molar-refractivity contribution is 9.10. The fraction of sp³-hybridized carbons (Fsp3) is 0.467. The second-order valence-electron chi connectivity index (χ2n) is 13.4. The molecule has 17 heteroatoms. The van der Waals surface area contributed by atoms with Gasteiger partial charge in [0.05, 0.1) is 24.0 Å². The first-order valence-corrected chi connectivity index (χ1v) is 20.8. The van der Waals surface area contributed by atoms with Crippen LogP contribution in [-0.4, -0.2) is 113 Å². The van der Waals surface area contributed by atoms with E-state index < -0.39 is 55.9 Å². The van der Waals surface area contributed by atoms with E-state index in [9.17, 15) is 29.4 Å². The molecule has 2 aromatic carbocycles. The molecule has 0 aliphatic carbocycles. The average molecular weight is 729 g/mol. The fourth-order valence-electron chi connectivity index (χ4n) is 9.91. The summed E-state index contributed by atoms with van der Waals surface area (Å²) in [4.78, 5) is 59.5. The van der Waals surface area contributed by atoms with Crippen LogP contribution in [0.15, 0.2) is 48.5 Å².